The van der Waals surface area contributed by atoms with Gasteiger partial charge in [-0.1, -0.05) is 24.3 Å². The normalized spacial score (nSPS) is 13.4. The fourth-order valence-electron chi connectivity index (χ4n) is 3.09. The molecule has 3 aromatic rings. The van der Waals surface area contributed by atoms with Crippen molar-refractivity contribution in [1.29, 1.82) is 0 Å². The molecule has 1 amide bonds. The lowest BCUT2D eigenvalue weighted by atomic mass is 10.1. The van der Waals surface area contributed by atoms with Gasteiger partial charge in [-0.05, 0) is 49.7 Å². The molecule has 1 heterocycles. The zero-order valence-corrected chi connectivity index (χ0v) is 17.3. The number of amides is 1. The third-order valence-corrected chi connectivity index (χ3v) is 5.69. The fraction of sp³-hybridized carbons (Fsp3) is 0.238. The van der Waals surface area contributed by atoms with Crippen LogP contribution in [0.4, 0.5) is 13.2 Å². The quantitative estimate of drug-likeness (QED) is 0.571. The smallest absolute Gasteiger partial charge is 0.416 e. The molecular formula is C21H17F3N2O4S. The average Bonchev–Trinajstić information content (AvgIpc) is 3.04. The van der Waals surface area contributed by atoms with E-state index >= 15 is 0 Å². The number of alkyl halides is 3. The molecule has 0 fully saturated rings. The van der Waals surface area contributed by atoms with Crippen LogP contribution in [0.3, 0.4) is 0 Å². The summed E-state index contributed by atoms with van der Waals surface area (Å²) in [6.07, 6.45) is -4.45. The van der Waals surface area contributed by atoms with Crippen LogP contribution in [-0.4, -0.2) is 27.3 Å². The molecule has 0 saturated heterocycles. The number of hydrogen-bond acceptors (Lipinski definition) is 4. The van der Waals surface area contributed by atoms with Gasteiger partial charge in [0.25, 0.3) is 5.91 Å². The van der Waals surface area contributed by atoms with Crippen molar-refractivity contribution in [2.75, 3.05) is 0 Å². The van der Waals surface area contributed by atoms with Crippen LogP contribution in [-0.2, 0) is 11.0 Å². The predicted octanol–water partition coefficient (Wildman–Crippen LogP) is 4.70. The van der Waals surface area contributed by atoms with E-state index in [0.717, 1.165) is 23.5 Å². The van der Waals surface area contributed by atoms with Crippen molar-refractivity contribution >= 4 is 39.2 Å². The molecule has 10 heteroatoms. The summed E-state index contributed by atoms with van der Waals surface area (Å²) in [5, 5.41) is 9.65. The van der Waals surface area contributed by atoms with Crippen molar-refractivity contribution in [3.63, 3.8) is 0 Å². The Morgan fingerprint density at radius 1 is 1.13 bits per heavy atom. The molecule has 3 rings (SSSR count). The largest absolute Gasteiger partial charge is 0.480 e. The van der Waals surface area contributed by atoms with Crippen LogP contribution >= 0.6 is 11.3 Å². The van der Waals surface area contributed by atoms with Gasteiger partial charge in [-0.25, -0.2) is 4.79 Å². The summed E-state index contributed by atoms with van der Waals surface area (Å²) in [7, 11) is 0. The Morgan fingerprint density at radius 3 is 2.42 bits per heavy atom. The highest BCUT2D eigenvalue weighted by molar-refractivity contribution is 7.16. The Kier molecular flexibility index (Phi) is 6.12. The number of carbonyl (C=O) groups is 3. The number of halogens is 3. The van der Waals surface area contributed by atoms with E-state index in [1.807, 2.05) is 0 Å². The van der Waals surface area contributed by atoms with E-state index in [1.165, 1.54) is 23.6 Å². The van der Waals surface area contributed by atoms with Crippen molar-refractivity contribution in [2.45, 2.75) is 32.5 Å². The maximum atomic E-state index is 13.0. The minimum Gasteiger partial charge on any atom is -0.480 e. The molecular weight excluding hydrogens is 433 g/mol. The first kappa shape index (κ1) is 22.4. The van der Waals surface area contributed by atoms with Crippen LogP contribution in [0.5, 0.6) is 0 Å². The van der Waals surface area contributed by atoms with Crippen molar-refractivity contribution in [3.05, 3.63) is 64.0 Å². The SMILES string of the molecule is CCC(C(=O)O)n1c(=NC(=O)c2cccc(C(F)(F)F)c2)sc2ccc(C(C)=O)cc21. The molecule has 0 aliphatic carbocycles. The van der Waals surface area contributed by atoms with Crippen molar-refractivity contribution in [3.8, 4) is 0 Å². The van der Waals surface area contributed by atoms with Gasteiger partial charge in [0.15, 0.2) is 10.6 Å². The number of aromatic nitrogens is 1. The number of carboxylic acid groups (broad SMARTS) is 1. The van der Waals surface area contributed by atoms with Crippen LogP contribution in [0, 0.1) is 0 Å². The third kappa shape index (κ3) is 4.58. The first-order valence-corrected chi connectivity index (χ1v) is 9.99. The molecule has 1 unspecified atom stereocenters. The molecule has 6 nitrogen and oxygen atoms in total. The van der Waals surface area contributed by atoms with Gasteiger partial charge in [-0.2, -0.15) is 18.2 Å². The number of hydrogen-bond donors (Lipinski definition) is 1. The number of carboxylic acids is 1. The minimum absolute atomic E-state index is 0.0207. The van der Waals surface area contributed by atoms with E-state index in [0.29, 0.717) is 21.8 Å². The van der Waals surface area contributed by atoms with E-state index in [-0.39, 0.29) is 22.6 Å². The van der Waals surface area contributed by atoms with Gasteiger partial charge in [0, 0.05) is 11.1 Å². The molecule has 2 aromatic carbocycles. The summed E-state index contributed by atoms with van der Waals surface area (Å²) >= 11 is 1.02. The van der Waals surface area contributed by atoms with Crippen molar-refractivity contribution < 1.29 is 32.7 Å². The molecule has 0 saturated carbocycles. The first-order chi connectivity index (χ1) is 14.5. The van der Waals surface area contributed by atoms with Crippen LogP contribution in [0.15, 0.2) is 47.5 Å². The molecule has 31 heavy (non-hydrogen) atoms. The number of aliphatic carboxylic acids is 1. The van der Waals surface area contributed by atoms with Gasteiger partial charge >= 0.3 is 12.1 Å². The van der Waals surface area contributed by atoms with Crippen LogP contribution in [0.1, 0.15) is 52.6 Å². The molecule has 1 aromatic heterocycles. The van der Waals surface area contributed by atoms with Crippen LogP contribution < -0.4 is 4.80 Å². The molecule has 0 spiro atoms. The number of Topliss-reactive ketones (excluding diaryl/α,β-unsaturated/α-hetero) is 1. The lowest BCUT2D eigenvalue weighted by molar-refractivity contribution is -0.141. The Hall–Kier alpha value is -3.27. The molecule has 0 radical (unpaired) electrons. The Labute approximate surface area is 178 Å². The van der Waals surface area contributed by atoms with Crippen molar-refractivity contribution in [2.24, 2.45) is 4.99 Å². The number of ketones is 1. The second kappa shape index (κ2) is 8.46. The summed E-state index contributed by atoms with van der Waals surface area (Å²) in [6.45, 7) is 3.01. The number of thiazole rings is 1. The molecule has 0 bridgehead atoms. The van der Waals surface area contributed by atoms with Gasteiger partial charge < -0.3 is 9.67 Å². The summed E-state index contributed by atoms with van der Waals surface area (Å²) in [6, 6.07) is 7.50. The van der Waals surface area contributed by atoms with Gasteiger partial charge in [0.05, 0.1) is 15.8 Å². The van der Waals surface area contributed by atoms with Gasteiger partial charge in [0.2, 0.25) is 0 Å². The molecule has 0 aliphatic rings. The van der Waals surface area contributed by atoms with E-state index < -0.39 is 29.7 Å². The van der Waals surface area contributed by atoms with E-state index in [2.05, 4.69) is 4.99 Å². The number of rotatable bonds is 5. The second-order valence-corrected chi connectivity index (χ2v) is 7.76. The first-order valence-electron chi connectivity index (χ1n) is 9.18. The molecule has 1 N–H and O–H groups in total. The summed E-state index contributed by atoms with van der Waals surface area (Å²) in [5.41, 5.74) is -0.495. The van der Waals surface area contributed by atoms with Gasteiger partial charge in [-0.15, -0.1) is 0 Å². The van der Waals surface area contributed by atoms with Crippen molar-refractivity contribution in [1.82, 2.24) is 4.57 Å². The van der Waals surface area contributed by atoms with E-state index in [1.54, 1.807) is 19.1 Å². The summed E-state index contributed by atoms with van der Waals surface area (Å²) in [5.74, 6) is -2.32. The Bertz CT molecular complexity index is 1260. The molecule has 162 valence electrons. The molecule has 0 aliphatic heterocycles. The summed E-state index contributed by atoms with van der Waals surface area (Å²) < 4.78 is 40.8. The summed E-state index contributed by atoms with van der Waals surface area (Å²) in [4.78, 5) is 40.2. The Balaban J connectivity index is 2.23. The molecule has 1 atom stereocenters. The van der Waals surface area contributed by atoms with E-state index in [4.69, 9.17) is 0 Å². The maximum absolute atomic E-state index is 13.0. The third-order valence-electron chi connectivity index (χ3n) is 4.65. The van der Waals surface area contributed by atoms with Gasteiger partial charge in [-0.3, -0.25) is 9.59 Å². The number of carbonyl (C=O) groups excluding carboxylic acids is 2. The highest BCUT2D eigenvalue weighted by Crippen LogP contribution is 2.30. The van der Waals surface area contributed by atoms with Crippen LogP contribution in [0.25, 0.3) is 10.2 Å². The topological polar surface area (TPSA) is 88.7 Å². The fourth-order valence-corrected chi connectivity index (χ4v) is 4.13. The second-order valence-electron chi connectivity index (χ2n) is 6.75. The number of fused-ring (bicyclic) bond motifs is 1. The van der Waals surface area contributed by atoms with Gasteiger partial charge in [0.1, 0.15) is 6.04 Å². The highest BCUT2D eigenvalue weighted by Gasteiger charge is 2.31. The highest BCUT2D eigenvalue weighted by atomic mass is 32.1. The lowest BCUT2D eigenvalue weighted by Gasteiger charge is -2.13. The standard InChI is InChI=1S/C21H17F3N2O4S/c1-3-15(19(29)30)26-16-10-12(11(2)27)7-8-17(16)31-20(26)25-18(28)13-5-4-6-14(9-13)21(22,23)24/h4-10,15H,3H2,1-2H3,(H,29,30). The average molecular weight is 450 g/mol. The zero-order valence-electron chi connectivity index (χ0n) is 16.4. The monoisotopic (exact) mass is 450 g/mol. The Morgan fingerprint density at radius 2 is 1.84 bits per heavy atom. The number of benzene rings is 2. The van der Waals surface area contributed by atoms with Crippen LogP contribution in [0.2, 0.25) is 0 Å². The maximum Gasteiger partial charge on any atom is 0.416 e. The predicted molar refractivity (Wildman–Crippen MR) is 108 cm³/mol. The number of nitrogens with zero attached hydrogens (tertiary/aromatic N) is 2. The lowest BCUT2D eigenvalue weighted by Crippen LogP contribution is -2.27. The zero-order chi connectivity index (χ0) is 22.9. The van der Waals surface area contributed by atoms with E-state index in [9.17, 15) is 32.7 Å². The minimum atomic E-state index is -4.62.